The molecule has 0 fully saturated rings. The number of aryl methyl sites for hydroxylation is 1. The van der Waals surface area contributed by atoms with Crippen LogP contribution in [0.2, 0.25) is 0 Å². The standard InChI is InChI=1S/C9H13BrN2O2S/c1-7-2-3-9(8(10)6-7)15(13,14)12-5-4-11/h2-3,6,12H,4-5,11H2,1H3. The summed E-state index contributed by atoms with van der Waals surface area (Å²) in [5.41, 5.74) is 6.24. The zero-order chi connectivity index (χ0) is 11.5. The summed E-state index contributed by atoms with van der Waals surface area (Å²) in [4.78, 5) is 0.238. The maximum absolute atomic E-state index is 11.7. The second kappa shape index (κ2) is 5.07. The number of nitrogens with one attached hydrogen (secondary N) is 1. The van der Waals surface area contributed by atoms with Gasteiger partial charge < -0.3 is 5.73 Å². The van der Waals surface area contributed by atoms with E-state index >= 15 is 0 Å². The van der Waals surface area contributed by atoms with Crippen LogP contribution in [0.3, 0.4) is 0 Å². The Kier molecular flexibility index (Phi) is 4.27. The van der Waals surface area contributed by atoms with E-state index in [0.717, 1.165) is 5.56 Å². The minimum Gasteiger partial charge on any atom is -0.329 e. The molecule has 0 aliphatic rings. The monoisotopic (exact) mass is 292 g/mol. The largest absolute Gasteiger partial charge is 0.329 e. The van der Waals surface area contributed by atoms with Crippen molar-refractivity contribution in [2.45, 2.75) is 11.8 Å². The molecule has 1 aromatic rings. The van der Waals surface area contributed by atoms with Crippen LogP contribution in [0.15, 0.2) is 27.6 Å². The molecule has 6 heteroatoms. The summed E-state index contributed by atoms with van der Waals surface area (Å²) in [6.45, 7) is 2.42. The van der Waals surface area contributed by atoms with E-state index in [1.807, 2.05) is 6.92 Å². The first kappa shape index (κ1) is 12.6. The predicted octanol–water partition coefficient (Wildman–Crippen LogP) is 0.995. The van der Waals surface area contributed by atoms with E-state index in [1.54, 1.807) is 18.2 Å². The summed E-state index contributed by atoms with van der Waals surface area (Å²) in [6, 6.07) is 5.08. The molecule has 0 saturated carbocycles. The molecule has 0 spiro atoms. The topological polar surface area (TPSA) is 72.2 Å². The van der Waals surface area contributed by atoms with Crippen LogP contribution in [0.25, 0.3) is 0 Å². The lowest BCUT2D eigenvalue weighted by Gasteiger charge is -2.07. The van der Waals surface area contributed by atoms with Gasteiger partial charge in [0.15, 0.2) is 0 Å². The number of nitrogens with two attached hydrogens (primary N) is 1. The van der Waals surface area contributed by atoms with E-state index in [4.69, 9.17) is 5.73 Å². The van der Waals surface area contributed by atoms with Gasteiger partial charge in [-0.05, 0) is 40.5 Å². The fourth-order valence-corrected chi connectivity index (χ4v) is 3.33. The van der Waals surface area contributed by atoms with Crippen LogP contribution in [0.5, 0.6) is 0 Å². The fraction of sp³-hybridized carbons (Fsp3) is 0.333. The van der Waals surface area contributed by atoms with Crippen molar-refractivity contribution in [3.05, 3.63) is 28.2 Å². The van der Waals surface area contributed by atoms with Crippen molar-refractivity contribution in [2.75, 3.05) is 13.1 Å². The number of hydrogen-bond donors (Lipinski definition) is 2. The van der Waals surface area contributed by atoms with E-state index in [-0.39, 0.29) is 18.0 Å². The second-order valence-corrected chi connectivity index (χ2v) is 5.71. The van der Waals surface area contributed by atoms with Crippen LogP contribution in [0, 0.1) is 6.92 Å². The first-order chi connectivity index (χ1) is 6.97. The van der Waals surface area contributed by atoms with E-state index in [2.05, 4.69) is 20.7 Å². The van der Waals surface area contributed by atoms with E-state index < -0.39 is 10.0 Å². The molecule has 0 saturated heterocycles. The summed E-state index contributed by atoms with van der Waals surface area (Å²) < 4.78 is 26.4. The van der Waals surface area contributed by atoms with E-state index in [0.29, 0.717) is 4.47 Å². The first-order valence-electron chi connectivity index (χ1n) is 4.43. The van der Waals surface area contributed by atoms with Crippen molar-refractivity contribution in [3.63, 3.8) is 0 Å². The third kappa shape index (κ3) is 3.27. The molecule has 4 nitrogen and oxygen atoms in total. The number of sulfonamides is 1. The Morgan fingerprint density at radius 1 is 1.47 bits per heavy atom. The quantitative estimate of drug-likeness (QED) is 0.869. The van der Waals surface area contributed by atoms with Gasteiger partial charge in [-0.3, -0.25) is 0 Å². The van der Waals surface area contributed by atoms with Crippen molar-refractivity contribution in [3.8, 4) is 0 Å². The third-order valence-corrected chi connectivity index (χ3v) is 4.25. The van der Waals surface area contributed by atoms with Crippen LogP contribution in [-0.4, -0.2) is 21.5 Å². The third-order valence-electron chi connectivity index (χ3n) is 1.81. The van der Waals surface area contributed by atoms with Gasteiger partial charge in [0.1, 0.15) is 0 Å². The Balaban J connectivity index is 3.05. The van der Waals surface area contributed by atoms with E-state index in [1.165, 1.54) is 0 Å². The molecule has 0 radical (unpaired) electrons. The van der Waals surface area contributed by atoms with Gasteiger partial charge in [0.2, 0.25) is 10.0 Å². The van der Waals surface area contributed by atoms with Crippen molar-refractivity contribution >= 4 is 26.0 Å². The van der Waals surface area contributed by atoms with Crippen LogP contribution < -0.4 is 10.5 Å². The van der Waals surface area contributed by atoms with Gasteiger partial charge >= 0.3 is 0 Å². The summed E-state index contributed by atoms with van der Waals surface area (Å²) in [5, 5.41) is 0. The highest BCUT2D eigenvalue weighted by molar-refractivity contribution is 9.10. The number of halogens is 1. The highest BCUT2D eigenvalue weighted by Crippen LogP contribution is 2.22. The summed E-state index contributed by atoms with van der Waals surface area (Å²) in [7, 11) is -3.45. The summed E-state index contributed by atoms with van der Waals surface area (Å²) in [5.74, 6) is 0. The molecule has 0 unspecified atom stereocenters. The average molecular weight is 293 g/mol. The molecule has 0 aliphatic carbocycles. The van der Waals surface area contributed by atoms with Crippen molar-refractivity contribution in [1.82, 2.24) is 4.72 Å². The molecule has 0 amide bonds. The number of rotatable bonds is 4. The molecule has 0 bridgehead atoms. The van der Waals surface area contributed by atoms with Crippen molar-refractivity contribution < 1.29 is 8.42 Å². The van der Waals surface area contributed by atoms with Crippen molar-refractivity contribution in [1.29, 1.82) is 0 Å². The average Bonchev–Trinajstić information content (AvgIpc) is 2.14. The zero-order valence-corrected chi connectivity index (χ0v) is 10.7. The number of benzene rings is 1. The fourth-order valence-electron chi connectivity index (χ4n) is 1.09. The summed E-state index contributed by atoms with van der Waals surface area (Å²) >= 11 is 3.22. The second-order valence-electron chi connectivity index (χ2n) is 3.12. The lowest BCUT2D eigenvalue weighted by atomic mass is 10.2. The van der Waals surface area contributed by atoms with Crippen LogP contribution in [0.4, 0.5) is 0 Å². The molecular formula is C9H13BrN2O2S. The minimum absolute atomic E-state index is 0.238. The molecule has 3 N–H and O–H groups in total. The highest BCUT2D eigenvalue weighted by atomic mass is 79.9. The molecule has 1 aromatic carbocycles. The van der Waals surface area contributed by atoms with Crippen LogP contribution in [-0.2, 0) is 10.0 Å². The van der Waals surface area contributed by atoms with Crippen LogP contribution >= 0.6 is 15.9 Å². The molecular weight excluding hydrogens is 280 g/mol. The maximum Gasteiger partial charge on any atom is 0.241 e. The molecule has 1 rings (SSSR count). The Bertz CT molecular complexity index is 445. The van der Waals surface area contributed by atoms with Crippen LogP contribution in [0.1, 0.15) is 5.56 Å². The Morgan fingerprint density at radius 3 is 2.67 bits per heavy atom. The van der Waals surface area contributed by atoms with Gasteiger partial charge in [0, 0.05) is 17.6 Å². The Hall–Kier alpha value is -0.430. The molecule has 15 heavy (non-hydrogen) atoms. The van der Waals surface area contributed by atoms with E-state index in [9.17, 15) is 8.42 Å². The lowest BCUT2D eigenvalue weighted by Crippen LogP contribution is -2.29. The Morgan fingerprint density at radius 2 is 2.13 bits per heavy atom. The van der Waals surface area contributed by atoms with Gasteiger partial charge in [-0.1, -0.05) is 6.07 Å². The van der Waals surface area contributed by atoms with Gasteiger partial charge in [0.05, 0.1) is 4.90 Å². The molecule has 0 aliphatic heterocycles. The summed E-state index contributed by atoms with van der Waals surface area (Å²) in [6.07, 6.45) is 0. The van der Waals surface area contributed by atoms with Gasteiger partial charge in [0.25, 0.3) is 0 Å². The molecule has 84 valence electrons. The predicted molar refractivity (Wildman–Crippen MR) is 63.1 cm³/mol. The normalized spacial score (nSPS) is 11.7. The van der Waals surface area contributed by atoms with Gasteiger partial charge in [-0.15, -0.1) is 0 Å². The molecule has 0 atom stereocenters. The van der Waals surface area contributed by atoms with Gasteiger partial charge in [-0.25, -0.2) is 13.1 Å². The lowest BCUT2D eigenvalue weighted by molar-refractivity contribution is 0.581. The first-order valence-corrected chi connectivity index (χ1v) is 6.71. The molecule has 0 aromatic heterocycles. The van der Waals surface area contributed by atoms with Crippen molar-refractivity contribution in [2.24, 2.45) is 5.73 Å². The highest BCUT2D eigenvalue weighted by Gasteiger charge is 2.16. The maximum atomic E-state index is 11.7. The number of hydrogen-bond acceptors (Lipinski definition) is 3. The van der Waals surface area contributed by atoms with Gasteiger partial charge in [-0.2, -0.15) is 0 Å². The Labute approximate surface area is 98.0 Å². The smallest absolute Gasteiger partial charge is 0.241 e. The molecule has 0 heterocycles. The SMILES string of the molecule is Cc1ccc(S(=O)(=O)NCCN)c(Br)c1. The minimum atomic E-state index is -3.45. The zero-order valence-electron chi connectivity index (χ0n) is 8.33.